The van der Waals surface area contributed by atoms with E-state index in [-0.39, 0.29) is 0 Å². The molecule has 124 valence electrons. The first kappa shape index (κ1) is 15.9. The summed E-state index contributed by atoms with van der Waals surface area (Å²) in [5.74, 6) is 1.63. The highest BCUT2D eigenvalue weighted by Crippen LogP contribution is 2.21. The summed E-state index contributed by atoms with van der Waals surface area (Å²) in [7, 11) is 2.13. The van der Waals surface area contributed by atoms with Gasteiger partial charge in [-0.3, -0.25) is 0 Å². The fourth-order valence-electron chi connectivity index (χ4n) is 3.35. The molecule has 4 rings (SSSR count). The van der Waals surface area contributed by atoms with Gasteiger partial charge >= 0.3 is 0 Å². The number of rotatable bonds is 4. The first-order valence-corrected chi connectivity index (χ1v) is 8.86. The summed E-state index contributed by atoms with van der Waals surface area (Å²) in [6, 6.07) is 16.5. The number of hydrogen-bond acceptors (Lipinski definition) is 0. The molecule has 0 atom stereocenters. The molecule has 0 aliphatic heterocycles. The maximum atomic E-state index is 5.98. The molecular weight excluding hydrogens is 328 g/mol. The summed E-state index contributed by atoms with van der Waals surface area (Å²) in [6.07, 6.45) is 13.1. The van der Waals surface area contributed by atoms with Crippen LogP contribution < -0.4 is 4.57 Å². The smallest absolute Gasteiger partial charge is 0.226 e. The number of allylic oxidation sites excluding steroid dienone is 4. The Bertz CT molecular complexity index is 979. The number of nitrogens with zero attached hydrogens (tertiary/aromatic N) is 2. The maximum absolute atomic E-state index is 5.98. The molecule has 0 amide bonds. The topological polar surface area (TPSA) is 8.81 Å². The molecule has 0 fully saturated rings. The molecule has 0 bridgehead atoms. The van der Waals surface area contributed by atoms with E-state index < -0.39 is 0 Å². The minimum Gasteiger partial charge on any atom is -0.226 e. The molecule has 25 heavy (non-hydrogen) atoms. The van der Waals surface area contributed by atoms with Crippen molar-refractivity contribution in [3.8, 4) is 0 Å². The lowest BCUT2D eigenvalue weighted by molar-refractivity contribution is -0.647. The van der Waals surface area contributed by atoms with Crippen molar-refractivity contribution in [1.29, 1.82) is 0 Å². The lowest BCUT2D eigenvalue weighted by atomic mass is 10.1. The van der Waals surface area contributed by atoms with Crippen LogP contribution in [0.5, 0.6) is 0 Å². The third-order valence-corrected chi connectivity index (χ3v) is 4.92. The molecule has 0 spiro atoms. The van der Waals surface area contributed by atoms with E-state index in [1.165, 1.54) is 16.9 Å². The molecule has 1 aliphatic rings. The van der Waals surface area contributed by atoms with Crippen molar-refractivity contribution in [2.24, 2.45) is 13.0 Å². The zero-order valence-corrected chi connectivity index (χ0v) is 14.9. The summed E-state index contributed by atoms with van der Waals surface area (Å²) in [5.41, 5.74) is 3.64. The zero-order chi connectivity index (χ0) is 17.2. The molecule has 3 heteroatoms. The third-order valence-electron chi connectivity index (χ3n) is 4.67. The SMILES string of the molecule is C[n+]1c(/C=C/c2ccc(Cl)cc2)n(CC2C=CC=C2)c2ccccc21. The standard InChI is InChI=1S/C22H20ClN2/c1-24-20-8-4-5-9-21(20)25(16-18-6-2-3-7-18)22(24)15-12-17-10-13-19(23)14-11-17/h2-15,18H,16H2,1H3/q+1/b15-12+. The number of hydrogen-bond donors (Lipinski definition) is 0. The Morgan fingerprint density at radius 2 is 1.72 bits per heavy atom. The number of fused-ring (bicyclic) bond motifs is 1. The number of para-hydroxylation sites is 2. The molecule has 0 saturated carbocycles. The van der Waals surface area contributed by atoms with Crippen LogP contribution in [0.2, 0.25) is 5.02 Å². The quantitative estimate of drug-likeness (QED) is 0.585. The summed E-state index contributed by atoms with van der Waals surface area (Å²) < 4.78 is 4.65. The fraction of sp³-hybridized carbons (Fsp3) is 0.136. The van der Waals surface area contributed by atoms with E-state index in [0.29, 0.717) is 5.92 Å². The Morgan fingerprint density at radius 1 is 1.00 bits per heavy atom. The van der Waals surface area contributed by atoms with E-state index in [9.17, 15) is 0 Å². The zero-order valence-electron chi connectivity index (χ0n) is 14.1. The van der Waals surface area contributed by atoms with Crippen LogP contribution in [0.15, 0.2) is 72.8 Å². The van der Waals surface area contributed by atoms with Gasteiger partial charge in [0, 0.05) is 17.0 Å². The van der Waals surface area contributed by atoms with Gasteiger partial charge in [-0.25, -0.2) is 9.13 Å². The minimum atomic E-state index is 0.443. The normalized spacial score (nSPS) is 14.3. The molecule has 0 radical (unpaired) electrons. The molecule has 2 aromatic carbocycles. The van der Waals surface area contributed by atoms with Crippen LogP contribution >= 0.6 is 11.6 Å². The second-order valence-electron chi connectivity index (χ2n) is 6.34. The van der Waals surface area contributed by atoms with Gasteiger partial charge in [0.1, 0.15) is 6.54 Å². The largest absolute Gasteiger partial charge is 0.282 e. The summed E-state index contributed by atoms with van der Waals surface area (Å²) >= 11 is 5.98. The van der Waals surface area contributed by atoms with E-state index in [1.54, 1.807) is 0 Å². The number of benzene rings is 2. The molecule has 2 nitrogen and oxygen atoms in total. The van der Waals surface area contributed by atoms with E-state index in [0.717, 1.165) is 17.1 Å². The Labute approximate surface area is 153 Å². The van der Waals surface area contributed by atoms with Gasteiger partial charge in [-0.05, 0) is 35.9 Å². The van der Waals surface area contributed by atoms with Crippen molar-refractivity contribution in [1.82, 2.24) is 4.57 Å². The fourth-order valence-corrected chi connectivity index (χ4v) is 3.48. The first-order chi connectivity index (χ1) is 12.2. The molecule has 0 N–H and O–H groups in total. The lowest BCUT2D eigenvalue weighted by Crippen LogP contribution is -2.31. The highest BCUT2D eigenvalue weighted by molar-refractivity contribution is 6.30. The van der Waals surface area contributed by atoms with Gasteiger partial charge in [-0.15, -0.1) is 0 Å². The molecule has 1 aromatic heterocycles. The van der Waals surface area contributed by atoms with Gasteiger partial charge < -0.3 is 0 Å². The Kier molecular flexibility index (Phi) is 4.29. The van der Waals surface area contributed by atoms with Crippen LogP contribution in [0.1, 0.15) is 11.4 Å². The number of aromatic nitrogens is 2. The Morgan fingerprint density at radius 3 is 2.48 bits per heavy atom. The van der Waals surface area contributed by atoms with Gasteiger partial charge in [0.15, 0.2) is 11.0 Å². The van der Waals surface area contributed by atoms with Crippen LogP contribution in [0.4, 0.5) is 0 Å². The molecular formula is C22H20ClN2+. The van der Waals surface area contributed by atoms with Crippen LogP contribution in [-0.4, -0.2) is 4.57 Å². The molecule has 0 saturated heterocycles. The lowest BCUT2D eigenvalue weighted by Gasteiger charge is -2.04. The van der Waals surface area contributed by atoms with E-state index in [1.807, 2.05) is 24.3 Å². The van der Waals surface area contributed by atoms with Crippen LogP contribution in [0.3, 0.4) is 0 Å². The van der Waals surface area contributed by atoms with Crippen molar-refractivity contribution in [3.63, 3.8) is 0 Å². The Balaban J connectivity index is 1.78. The second kappa shape index (κ2) is 6.73. The van der Waals surface area contributed by atoms with Crippen molar-refractivity contribution in [2.45, 2.75) is 6.54 Å². The second-order valence-corrected chi connectivity index (χ2v) is 6.77. The van der Waals surface area contributed by atoms with Gasteiger partial charge in [0.2, 0.25) is 0 Å². The van der Waals surface area contributed by atoms with Crippen LogP contribution in [-0.2, 0) is 13.6 Å². The molecule has 0 unspecified atom stereocenters. The third kappa shape index (κ3) is 3.18. The summed E-state index contributed by atoms with van der Waals surface area (Å²) in [5, 5.41) is 0.761. The monoisotopic (exact) mass is 347 g/mol. The van der Waals surface area contributed by atoms with E-state index >= 15 is 0 Å². The summed E-state index contributed by atoms with van der Waals surface area (Å²) in [4.78, 5) is 0. The Hall–Kier alpha value is -2.58. The van der Waals surface area contributed by atoms with Crippen molar-refractivity contribution < 1.29 is 4.57 Å². The van der Waals surface area contributed by atoms with Crippen molar-refractivity contribution in [3.05, 3.63) is 89.2 Å². The van der Waals surface area contributed by atoms with E-state index in [4.69, 9.17) is 11.6 Å². The minimum absolute atomic E-state index is 0.443. The number of imidazole rings is 1. The van der Waals surface area contributed by atoms with Crippen molar-refractivity contribution >= 4 is 34.8 Å². The average molecular weight is 348 g/mol. The highest BCUT2D eigenvalue weighted by atomic mass is 35.5. The molecule has 3 aromatic rings. The van der Waals surface area contributed by atoms with Gasteiger partial charge in [0.05, 0.1) is 7.05 Å². The van der Waals surface area contributed by atoms with Crippen molar-refractivity contribution in [2.75, 3.05) is 0 Å². The maximum Gasteiger partial charge on any atom is 0.282 e. The average Bonchev–Trinajstić information content (AvgIpc) is 3.23. The predicted octanol–water partition coefficient (Wildman–Crippen LogP) is 5.03. The predicted molar refractivity (Wildman–Crippen MR) is 105 cm³/mol. The molecule has 1 heterocycles. The van der Waals surface area contributed by atoms with Crippen LogP contribution in [0, 0.1) is 5.92 Å². The van der Waals surface area contributed by atoms with Gasteiger partial charge in [0.25, 0.3) is 5.82 Å². The highest BCUT2D eigenvalue weighted by Gasteiger charge is 2.22. The number of aryl methyl sites for hydroxylation is 1. The van der Waals surface area contributed by atoms with E-state index in [2.05, 4.69) is 76.9 Å². The molecule has 1 aliphatic carbocycles. The first-order valence-electron chi connectivity index (χ1n) is 8.48. The summed E-state index contributed by atoms with van der Waals surface area (Å²) in [6.45, 7) is 0.939. The van der Waals surface area contributed by atoms with Gasteiger partial charge in [-0.2, -0.15) is 0 Å². The van der Waals surface area contributed by atoms with Gasteiger partial charge in [-0.1, -0.05) is 60.2 Å². The number of halogens is 1. The van der Waals surface area contributed by atoms with Crippen LogP contribution in [0.25, 0.3) is 23.2 Å².